The Hall–Kier alpha value is -1.47. The van der Waals surface area contributed by atoms with E-state index in [1.807, 2.05) is 20.8 Å². The van der Waals surface area contributed by atoms with Gasteiger partial charge in [-0.1, -0.05) is 48.0 Å². The molecule has 1 aliphatic heterocycles. The molecule has 0 radical (unpaired) electrons. The average molecular weight is 441 g/mol. The van der Waals surface area contributed by atoms with Gasteiger partial charge in [-0.3, -0.25) is 19.3 Å². The Labute approximate surface area is 188 Å². The second kappa shape index (κ2) is 13.2. The Kier molecular flexibility index (Phi) is 11.7. The van der Waals surface area contributed by atoms with Crippen molar-refractivity contribution < 1.29 is 23.9 Å². The van der Waals surface area contributed by atoms with Gasteiger partial charge in [0, 0.05) is 32.5 Å². The SMILES string of the molecule is CC(C)(C)CCOCCOCCNC(=O)CCCCCN1C(=O)CC(C(C)(C)C)C1=O. The third-order valence-corrected chi connectivity index (χ3v) is 5.51. The summed E-state index contributed by atoms with van der Waals surface area (Å²) in [6.07, 6.45) is 4.07. The average Bonchev–Trinajstić information content (AvgIpc) is 2.93. The lowest BCUT2D eigenvalue weighted by Gasteiger charge is -2.24. The summed E-state index contributed by atoms with van der Waals surface area (Å²) in [7, 11) is 0. The number of carbonyl (C=O) groups excluding carboxylic acids is 3. The highest BCUT2D eigenvalue weighted by Crippen LogP contribution is 2.35. The van der Waals surface area contributed by atoms with Crippen molar-refractivity contribution in [2.45, 2.75) is 80.1 Å². The molecular formula is C24H44N2O5. The molecule has 0 bridgehead atoms. The number of likely N-dealkylation sites (tertiary alicyclic amines) is 1. The van der Waals surface area contributed by atoms with Crippen molar-refractivity contribution in [3.8, 4) is 0 Å². The van der Waals surface area contributed by atoms with Crippen LogP contribution in [0.5, 0.6) is 0 Å². The van der Waals surface area contributed by atoms with Gasteiger partial charge in [-0.25, -0.2) is 0 Å². The van der Waals surface area contributed by atoms with Crippen molar-refractivity contribution in [1.82, 2.24) is 10.2 Å². The van der Waals surface area contributed by atoms with E-state index in [0.29, 0.717) is 45.8 Å². The summed E-state index contributed by atoms with van der Waals surface area (Å²) in [4.78, 5) is 37.8. The number of amides is 3. The van der Waals surface area contributed by atoms with Gasteiger partial charge in [-0.15, -0.1) is 0 Å². The topological polar surface area (TPSA) is 84.9 Å². The highest BCUT2D eigenvalue weighted by molar-refractivity contribution is 6.03. The summed E-state index contributed by atoms with van der Waals surface area (Å²) in [5.41, 5.74) is 0.0894. The third kappa shape index (κ3) is 11.6. The molecule has 1 unspecified atom stereocenters. The van der Waals surface area contributed by atoms with Gasteiger partial charge in [0.05, 0.1) is 25.7 Å². The third-order valence-electron chi connectivity index (χ3n) is 5.51. The maximum atomic E-state index is 12.4. The van der Waals surface area contributed by atoms with E-state index >= 15 is 0 Å². The Morgan fingerprint density at radius 2 is 1.61 bits per heavy atom. The van der Waals surface area contributed by atoms with Crippen LogP contribution in [0.1, 0.15) is 80.1 Å². The molecule has 1 heterocycles. The van der Waals surface area contributed by atoms with E-state index in [1.54, 1.807) is 0 Å². The van der Waals surface area contributed by atoms with E-state index in [4.69, 9.17) is 9.47 Å². The summed E-state index contributed by atoms with van der Waals surface area (Å²) >= 11 is 0. The van der Waals surface area contributed by atoms with E-state index in [-0.39, 0.29) is 34.5 Å². The van der Waals surface area contributed by atoms with Crippen LogP contribution >= 0.6 is 0 Å². The number of nitrogens with one attached hydrogen (secondary N) is 1. The quantitative estimate of drug-likeness (QED) is 0.330. The van der Waals surface area contributed by atoms with Crippen LogP contribution in [0.3, 0.4) is 0 Å². The van der Waals surface area contributed by atoms with Gasteiger partial charge in [-0.05, 0) is 30.1 Å². The molecule has 7 nitrogen and oxygen atoms in total. The zero-order chi connectivity index (χ0) is 23.5. The maximum absolute atomic E-state index is 12.4. The highest BCUT2D eigenvalue weighted by atomic mass is 16.5. The minimum absolute atomic E-state index is 0.00569. The normalized spacial score (nSPS) is 17.5. The number of nitrogens with zero attached hydrogens (tertiary/aromatic N) is 1. The van der Waals surface area contributed by atoms with Gasteiger partial charge in [-0.2, -0.15) is 0 Å². The fraction of sp³-hybridized carbons (Fsp3) is 0.875. The predicted molar refractivity (Wildman–Crippen MR) is 121 cm³/mol. The van der Waals surface area contributed by atoms with Gasteiger partial charge in [0.2, 0.25) is 17.7 Å². The van der Waals surface area contributed by atoms with Gasteiger partial charge in [0.1, 0.15) is 0 Å². The number of hydrogen-bond donors (Lipinski definition) is 1. The van der Waals surface area contributed by atoms with Crippen molar-refractivity contribution in [2.24, 2.45) is 16.7 Å². The highest BCUT2D eigenvalue weighted by Gasteiger charge is 2.44. The Morgan fingerprint density at radius 1 is 0.968 bits per heavy atom. The molecule has 31 heavy (non-hydrogen) atoms. The van der Waals surface area contributed by atoms with Crippen molar-refractivity contribution in [3.05, 3.63) is 0 Å². The summed E-state index contributed by atoms with van der Waals surface area (Å²) in [6, 6.07) is 0. The molecule has 0 aliphatic carbocycles. The lowest BCUT2D eigenvalue weighted by molar-refractivity contribution is -0.140. The largest absolute Gasteiger partial charge is 0.379 e. The first-order valence-corrected chi connectivity index (χ1v) is 11.7. The van der Waals surface area contributed by atoms with Crippen LogP contribution < -0.4 is 5.32 Å². The Balaban J connectivity index is 2.00. The molecule has 1 atom stereocenters. The maximum Gasteiger partial charge on any atom is 0.233 e. The van der Waals surface area contributed by atoms with Crippen LogP contribution in [-0.4, -0.2) is 62.1 Å². The molecular weight excluding hydrogens is 396 g/mol. The van der Waals surface area contributed by atoms with Crippen LogP contribution in [0.4, 0.5) is 0 Å². The van der Waals surface area contributed by atoms with E-state index in [2.05, 4.69) is 26.1 Å². The summed E-state index contributed by atoms with van der Waals surface area (Å²) in [5.74, 6) is -0.327. The van der Waals surface area contributed by atoms with E-state index in [9.17, 15) is 14.4 Å². The minimum Gasteiger partial charge on any atom is -0.379 e. The first-order chi connectivity index (χ1) is 14.4. The number of ether oxygens (including phenoxy) is 2. The van der Waals surface area contributed by atoms with Crippen LogP contribution in [0, 0.1) is 16.7 Å². The molecule has 1 rings (SSSR count). The second-order valence-electron chi connectivity index (χ2n) is 10.7. The Morgan fingerprint density at radius 3 is 2.19 bits per heavy atom. The molecule has 1 saturated heterocycles. The monoisotopic (exact) mass is 440 g/mol. The number of imide groups is 1. The van der Waals surface area contributed by atoms with Crippen molar-refractivity contribution >= 4 is 17.7 Å². The van der Waals surface area contributed by atoms with Gasteiger partial charge < -0.3 is 14.8 Å². The zero-order valence-electron chi connectivity index (χ0n) is 20.6. The standard InChI is InChI=1S/C24H44N2O5/c1-23(2,3)11-14-30-16-17-31-15-12-25-20(27)10-8-7-9-13-26-21(28)18-19(22(26)29)24(4,5)6/h19H,7-18H2,1-6H3,(H,25,27). The molecule has 1 N–H and O–H groups in total. The van der Waals surface area contributed by atoms with Crippen molar-refractivity contribution in [2.75, 3.05) is 39.5 Å². The van der Waals surface area contributed by atoms with Crippen LogP contribution in [-0.2, 0) is 23.9 Å². The molecule has 1 fully saturated rings. The minimum atomic E-state index is -0.219. The molecule has 0 aromatic rings. The fourth-order valence-corrected chi connectivity index (χ4v) is 3.38. The molecule has 180 valence electrons. The smallest absolute Gasteiger partial charge is 0.233 e. The van der Waals surface area contributed by atoms with E-state index in [1.165, 1.54) is 4.90 Å². The molecule has 7 heteroatoms. The first-order valence-electron chi connectivity index (χ1n) is 11.7. The van der Waals surface area contributed by atoms with Crippen molar-refractivity contribution in [3.63, 3.8) is 0 Å². The predicted octanol–water partition coefficient (Wildman–Crippen LogP) is 3.55. The molecule has 0 saturated carbocycles. The molecule has 0 aromatic heterocycles. The lowest BCUT2D eigenvalue weighted by atomic mass is 9.80. The number of rotatable bonds is 14. The first kappa shape index (κ1) is 27.6. The number of hydrogen-bond acceptors (Lipinski definition) is 5. The van der Waals surface area contributed by atoms with Gasteiger partial charge in [0.25, 0.3) is 0 Å². The number of unbranched alkanes of at least 4 members (excludes halogenated alkanes) is 2. The molecule has 3 amide bonds. The lowest BCUT2D eigenvalue weighted by Crippen LogP contribution is -2.34. The summed E-state index contributed by atoms with van der Waals surface area (Å²) < 4.78 is 11.0. The zero-order valence-corrected chi connectivity index (χ0v) is 20.6. The van der Waals surface area contributed by atoms with Crippen LogP contribution in [0.25, 0.3) is 0 Å². The Bertz CT molecular complexity index is 577. The molecule has 0 spiro atoms. The van der Waals surface area contributed by atoms with E-state index in [0.717, 1.165) is 32.3 Å². The van der Waals surface area contributed by atoms with Crippen LogP contribution in [0.2, 0.25) is 0 Å². The molecule has 0 aromatic carbocycles. The second-order valence-corrected chi connectivity index (χ2v) is 10.7. The molecule has 1 aliphatic rings. The van der Waals surface area contributed by atoms with E-state index < -0.39 is 0 Å². The van der Waals surface area contributed by atoms with Gasteiger partial charge in [0.15, 0.2) is 0 Å². The number of carbonyl (C=O) groups is 3. The van der Waals surface area contributed by atoms with Gasteiger partial charge >= 0.3 is 0 Å². The summed E-state index contributed by atoms with van der Waals surface area (Å²) in [6.45, 7) is 15.8. The van der Waals surface area contributed by atoms with Crippen LogP contribution in [0.15, 0.2) is 0 Å². The fourth-order valence-electron chi connectivity index (χ4n) is 3.38. The van der Waals surface area contributed by atoms with Crippen molar-refractivity contribution in [1.29, 1.82) is 0 Å². The summed E-state index contributed by atoms with van der Waals surface area (Å²) in [5, 5.41) is 2.85.